The number of nitrogens with zero attached hydrogens (tertiary/aromatic N) is 1. The molecule has 3 rings (SSSR count). The number of alkyl halides is 3. The second-order valence-corrected chi connectivity index (χ2v) is 9.10. The molecule has 4 nitrogen and oxygen atoms in total. The van der Waals surface area contributed by atoms with Crippen molar-refractivity contribution in [1.82, 2.24) is 4.90 Å². The van der Waals surface area contributed by atoms with Crippen molar-refractivity contribution in [3.63, 3.8) is 0 Å². The molecule has 1 heterocycles. The second-order valence-electron chi connectivity index (χ2n) is 9.10. The highest BCUT2D eigenvalue weighted by Crippen LogP contribution is 2.43. The first-order chi connectivity index (χ1) is 12.9. The quantitative estimate of drug-likeness (QED) is 0.801. The minimum atomic E-state index is -4.40. The molecule has 1 saturated carbocycles. The summed E-state index contributed by atoms with van der Waals surface area (Å²) in [6.07, 6.45) is -2.62. The molecule has 1 aromatic rings. The van der Waals surface area contributed by atoms with Gasteiger partial charge in [-0.1, -0.05) is 20.8 Å². The van der Waals surface area contributed by atoms with Gasteiger partial charge in [0.25, 0.3) is 0 Å². The lowest BCUT2D eigenvalue weighted by atomic mass is 9.82. The fraction of sp³-hybridized carbons (Fsp3) is 0.619. The summed E-state index contributed by atoms with van der Waals surface area (Å²) < 4.78 is 38.5. The van der Waals surface area contributed by atoms with Crippen LogP contribution in [0, 0.1) is 30.1 Å². The van der Waals surface area contributed by atoms with Crippen LogP contribution >= 0.6 is 0 Å². The molecule has 2 aliphatic rings. The summed E-state index contributed by atoms with van der Waals surface area (Å²) in [7, 11) is 0. The molecule has 28 heavy (non-hydrogen) atoms. The van der Waals surface area contributed by atoms with E-state index in [1.165, 1.54) is 6.07 Å². The van der Waals surface area contributed by atoms with Gasteiger partial charge < -0.3 is 10.2 Å². The number of amides is 2. The first kappa shape index (κ1) is 20.7. The smallest absolute Gasteiger partial charge is 0.342 e. The topological polar surface area (TPSA) is 49.4 Å². The number of rotatable bonds is 2. The largest absolute Gasteiger partial charge is 0.416 e. The van der Waals surface area contributed by atoms with E-state index in [1.807, 2.05) is 25.7 Å². The third-order valence-corrected chi connectivity index (χ3v) is 5.88. The maximum Gasteiger partial charge on any atom is 0.416 e. The molecule has 154 valence electrons. The van der Waals surface area contributed by atoms with Crippen molar-refractivity contribution in [3.8, 4) is 0 Å². The summed E-state index contributed by atoms with van der Waals surface area (Å²) in [6.45, 7) is 8.37. The lowest BCUT2D eigenvalue weighted by Gasteiger charge is -2.39. The monoisotopic (exact) mass is 396 g/mol. The van der Waals surface area contributed by atoms with Crippen LogP contribution in [0.25, 0.3) is 0 Å². The average Bonchev–Trinajstić information content (AvgIpc) is 2.84. The van der Waals surface area contributed by atoms with E-state index in [0.717, 1.165) is 25.0 Å². The lowest BCUT2D eigenvalue weighted by molar-refractivity contribution is -0.144. The van der Waals surface area contributed by atoms with Crippen molar-refractivity contribution in [2.45, 2.75) is 46.7 Å². The van der Waals surface area contributed by atoms with Gasteiger partial charge in [-0.25, -0.2) is 0 Å². The second kappa shape index (κ2) is 7.08. The Kier molecular flexibility index (Phi) is 5.23. The number of benzene rings is 1. The van der Waals surface area contributed by atoms with E-state index in [-0.39, 0.29) is 29.6 Å². The molecule has 0 radical (unpaired) electrons. The van der Waals surface area contributed by atoms with E-state index in [9.17, 15) is 22.8 Å². The molecule has 2 amide bonds. The SMILES string of the molecule is Cc1cc(C(F)(F)F)ccc1NC(=O)C1[C@@H]2CC[C@H]1CN(C(=O)C(C)(C)C)C2. The maximum absolute atomic E-state index is 12.9. The highest BCUT2D eigenvalue weighted by Gasteiger charge is 2.48. The third kappa shape index (κ3) is 4.03. The maximum atomic E-state index is 12.9. The Morgan fingerprint density at radius 3 is 2.11 bits per heavy atom. The minimum absolute atomic E-state index is 0.0970. The molecule has 0 spiro atoms. The molecule has 2 bridgehead atoms. The fourth-order valence-corrected chi connectivity index (χ4v) is 4.49. The highest BCUT2D eigenvalue weighted by atomic mass is 19.4. The number of hydrogen-bond donors (Lipinski definition) is 1. The minimum Gasteiger partial charge on any atom is -0.342 e. The number of likely N-dealkylation sites (tertiary alicyclic amines) is 1. The van der Waals surface area contributed by atoms with Crippen LogP contribution in [0.3, 0.4) is 0 Å². The van der Waals surface area contributed by atoms with Crippen molar-refractivity contribution < 1.29 is 22.8 Å². The number of aryl methyl sites for hydroxylation is 1. The van der Waals surface area contributed by atoms with E-state index < -0.39 is 17.2 Å². The molecular weight excluding hydrogens is 369 g/mol. The van der Waals surface area contributed by atoms with Crippen molar-refractivity contribution in [1.29, 1.82) is 0 Å². The Hall–Kier alpha value is -2.05. The Morgan fingerprint density at radius 2 is 1.64 bits per heavy atom. The fourth-order valence-electron chi connectivity index (χ4n) is 4.49. The Morgan fingerprint density at radius 1 is 1.07 bits per heavy atom. The van der Waals surface area contributed by atoms with E-state index >= 15 is 0 Å². The summed E-state index contributed by atoms with van der Waals surface area (Å²) in [5.74, 6) is -0.0645. The molecule has 1 aliphatic heterocycles. The predicted octanol–water partition coefficient (Wildman–Crippen LogP) is 4.48. The Balaban J connectivity index is 1.71. The van der Waals surface area contributed by atoms with Gasteiger partial charge in [0.2, 0.25) is 11.8 Å². The molecule has 1 saturated heterocycles. The summed E-state index contributed by atoms with van der Waals surface area (Å²) in [4.78, 5) is 27.4. The number of carbonyl (C=O) groups excluding carboxylic acids is 2. The number of piperidine rings is 1. The van der Waals surface area contributed by atoms with Gasteiger partial charge in [-0.05, 0) is 55.4 Å². The number of hydrogen-bond acceptors (Lipinski definition) is 2. The van der Waals surface area contributed by atoms with Crippen LogP contribution in [0.4, 0.5) is 18.9 Å². The van der Waals surface area contributed by atoms with Crippen LogP contribution < -0.4 is 5.32 Å². The molecule has 1 aliphatic carbocycles. The number of halogens is 3. The van der Waals surface area contributed by atoms with Gasteiger partial charge >= 0.3 is 6.18 Å². The third-order valence-electron chi connectivity index (χ3n) is 5.88. The van der Waals surface area contributed by atoms with Crippen molar-refractivity contribution in [2.24, 2.45) is 23.2 Å². The van der Waals surface area contributed by atoms with Crippen molar-refractivity contribution >= 4 is 17.5 Å². The number of anilines is 1. The Bertz CT molecular complexity index is 769. The Labute approximate surface area is 163 Å². The summed E-state index contributed by atoms with van der Waals surface area (Å²) in [5, 5.41) is 2.82. The summed E-state index contributed by atoms with van der Waals surface area (Å²) >= 11 is 0. The normalized spacial score (nSPS) is 25.0. The van der Waals surface area contributed by atoms with Crippen molar-refractivity contribution in [3.05, 3.63) is 29.3 Å². The molecule has 3 atom stereocenters. The van der Waals surface area contributed by atoms with Crippen LogP contribution in [0.1, 0.15) is 44.7 Å². The van der Waals surface area contributed by atoms with Gasteiger partial charge in [-0.3, -0.25) is 9.59 Å². The highest BCUT2D eigenvalue weighted by molar-refractivity contribution is 5.94. The van der Waals surface area contributed by atoms with Gasteiger partial charge in [-0.15, -0.1) is 0 Å². The number of carbonyl (C=O) groups is 2. The average molecular weight is 396 g/mol. The molecule has 1 aromatic carbocycles. The summed E-state index contributed by atoms with van der Waals surface area (Å²) in [6, 6.07) is 3.35. The lowest BCUT2D eigenvalue weighted by Crippen LogP contribution is -2.51. The van der Waals surface area contributed by atoms with Crippen LogP contribution in [-0.4, -0.2) is 29.8 Å². The van der Waals surface area contributed by atoms with Crippen molar-refractivity contribution in [2.75, 3.05) is 18.4 Å². The molecule has 2 fully saturated rings. The summed E-state index contributed by atoms with van der Waals surface area (Å²) in [5.41, 5.74) is -0.384. The van der Waals surface area contributed by atoms with E-state index in [4.69, 9.17) is 0 Å². The van der Waals surface area contributed by atoms with Crippen LogP contribution in [0.15, 0.2) is 18.2 Å². The zero-order valence-electron chi connectivity index (χ0n) is 16.7. The van der Waals surface area contributed by atoms with E-state index in [1.54, 1.807) is 6.92 Å². The van der Waals surface area contributed by atoms with Crippen LogP contribution in [-0.2, 0) is 15.8 Å². The molecule has 0 aromatic heterocycles. The first-order valence-electron chi connectivity index (χ1n) is 9.66. The van der Waals surface area contributed by atoms with Gasteiger partial charge in [-0.2, -0.15) is 13.2 Å². The predicted molar refractivity (Wildman–Crippen MR) is 101 cm³/mol. The van der Waals surface area contributed by atoms with Gasteiger partial charge in [0.15, 0.2) is 0 Å². The van der Waals surface area contributed by atoms with E-state index in [0.29, 0.717) is 24.3 Å². The van der Waals surface area contributed by atoms with Crippen LogP contribution in [0.2, 0.25) is 0 Å². The standard InChI is InChI=1S/C21H27F3N2O2/c1-12-9-15(21(22,23)24)7-8-16(12)25-18(27)17-13-5-6-14(17)11-26(10-13)19(28)20(2,3)4/h7-9,13-14,17H,5-6,10-11H2,1-4H3,(H,25,27)/t13-,14+,17?. The van der Waals surface area contributed by atoms with E-state index in [2.05, 4.69) is 5.32 Å². The zero-order chi connectivity index (χ0) is 20.9. The number of fused-ring (bicyclic) bond motifs is 2. The van der Waals surface area contributed by atoms with Gasteiger partial charge in [0, 0.05) is 30.1 Å². The molecular formula is C21H27F3N2O2. The van der Waals surface area contributed by atoms with Crippen LogP contribution in [0.5, 0.6) is 0 Å². The molecule has 1 N–H and O–H groups in total. The molecule has 1 unspecified atom stereocenters. The number of nitrogens with one attached hydrogen (secondary N) is 1. The first-order valence-corrected chi connectivity index (χ1v) is 9.66. The van der Waals surface area contributed by atoms with Gasteiger partial charge in [0.05, 0.1) is 5.56 Å². The molecule has 7 heteroatoms. The van der Waals surface area contributed by atoms with Gasteiger partial charge in [0.1, 0.15) is 0 Å². The zero-order valence-corrected chi connectivity index (χ0v) is 16.7.